The number of ether oxygens (including phenoxy) is 1. The molecule has 0 bridgehead atoms. The summed E-state index contributed by atoms with van der Waals surface area (Å²) in [5, 5.41) is 0.707. The first-order valence-electron chi connectivity index (χ1n) is 8.00. The van der Waals surface area contributed by atoms with E-state index in [0.29, 0.717) is 17.5 Å². The first-order chi connectivity index (χ1) is 10.6. The van der Waals surface area contributed by atoms with E-state index in [0.717, 1.165) is 24.8 Å². The third kappa shape index (κ3) is 1.95. The molecule has 3 nitrogen and oxygen atoms in total. The Morgan fingerprint density at radius 2 is 1.95 bits per heavy atom. The molecule has 4 rings (SSSR count). The molecule has 2 unspecified atom stereocenters. The number of halogens is 1. The zero-order valence-corrected chi connectivity index (χ0v) is 13.4. The van der Waals surface area contributed by atoms with Crippen LogP contribution in [-0.4, -0.2) is 23.5 Å². The lowest BCUT2D eigenvalue weighted by Crippen LogP contribution is -2.59. The predicted octanol–water partition coefficient (Wildman–Crippen LogP) is 3.73. The molecule has 4 atom stereocenters. The van der Waals surface area contributed by atoms with Gasteiger partial charge in [-0.3, -0.25) is 4.79 Å². The van der Waals surface area contributed by atoms with Gasteiger partial charge >= 0.3 is 0 Å². The molecule has 1 aliphatic carbocycles. The molecule has 0 spiro atoms. The summed E-state index contributed by atoms with van der Waals surface area (Å²) in [6.45, 7) is 2.73. The number of carbonyl (C=O) groups excluding carboxylic acids is 1. The SMILES string of the molecule is C[C@@H]1C[C@]2(c3ccc(Cl)cc3)OCC3CC=CCC3N2C1=O. The van der Waals surface area contributed by atoms with Crippen molar-refractivity contribution in [3.05, 3.63) is 47.0 Å². The lowest BCUT2D eigenvalue weighted by atomic mass is 9.84. The first kappa shape index (κ1) is 14.3. The van der Waals surface area contributed by atoms with Gasteiger partial charge < -0.3 is 9.64 Å². The van der Waals surface area contributed by atoms with E-state index in [1.165, 1.54) is 0 Å². The number of amides is 1. The van der Waals surface area contributed by atoms with Crippen LogP contribution < -0.4 is 0 Å². The van der Waals surface area contributed by atoms with Crippen molar-refractivity contribution >= 4 is 17.5 Å². The number of carbonyl (C=O) groups is 1. The van der Waals surface area contributed by atoms with Crippen LogP contribution >= 0.6 is 11.6 Å². The standard InChI is InChI=1S/C18H20ClNO2/c1-12-10-18(14-6-8-15(19)9-7-14)20(17(12)21)16-5-3-2-4-13(16)11-22-18/h2-3,6-9,12-13,16H,4-5,10-11H2,1H3/t12-,13?,16?,18-/m1/s1. The lowest BCUT2D eigenvalue weighted by molar-refractivity contribution is -0.216. The van der Waals surface area contributed by atoms with Gasteiger partial charge in [-0.2, -0.15) is 0 Å². The van der Waals surface area contributed by atoms with Crippen molar-refractivity contribution in [3.63, 3.8) is 0 Å². The Morgan fingerprint density at radius 1 is 1.23 bits per heavy atom. The number of hydrogen-bond acceptors (Lipinski definition) is 2. The van der Waals surface area contributed by atoms with Gasteiger partial charge in [0.2, 0.25) is 5.91 Å². The maximum absolute atomic E-state index is 12.8. The molecular weight excluding hydrogens is 298 g/mol. The molecule has 2 aliphatic heterocycles. The Kier molecular flexibility index (Phi) is 3.31. The van der Waals surface area contributed by atoms with E-state index in [9.17, 15) is 4.79 Å². The summed E-state index contributed by atoms with van der Waals surface area (Å²) in [5.74, 6) is 0.639. The van der Waals surface area contributed by atoms with Crippen LogP contribution in [0.25, 0.3) is 0 Å². The second kappa shape index (κ2) is 5.10. The molecule has 2 saturated heterocycles. The lowest BCUT2D eigenvalue weighted by Gasteiger charge is -2.51. The summed E-state index contributed by atoms with van der Waals surface area (Å²) in [4.78, 5) is 14.9. The van der Waals surface area contributed by atoms with Crippen LogP contribution in [0.1, 0.15) is 31.7 Å². The van der Waals surface area contributed by atoms with Gasteiger partial charge in [-0.1, -0.05) is 42.8 Å². The van der Waals surface area contributed by atoms with E-state index in [-0.39, 0.29) is 17.9 Å². The Hall–Kier alpha value is -1.32. The highest BCUT2D eigenvalue weighted by Crippen LogP contribution is 2.50. The summed E-state index contributed by atoms with van der Waals surface area (Å²) in [6, 6.07) is 8.02. The van der Waals surface area contributed by atoms with E-state index in [1.807, 2.05) is 36.1 Å². The van der Waals surface area contributed by atoms with Crippen molar-refractivity contribution in [3.8, 4) is 0 Å². The van der Waals surface area contributed by atoms with Gasteiger partial charge in [0.15, 0.2) is 5.72 Å². The average molecular weight is 318 g/mol. The summed E-state index contributed by atoms with van der Waals surface area (Å²) in [6.07, 6.45) is 7.07. The normalized spacial score (nSPS) is 37.1. The first-order valence-corrected chi connectivity index (χ1v) is 8.38. The number of allylic oxidation sites excluding steroid dienone is 1. The highest BCUT2D eigenvalue weighted by molar-refractivity contribution is 6.30. The maximum Gasteiger partial charge on any atom is 0.228 e. The van der Waals surface area contributed by atoms with Crippen LogP contribution in [0.5, 0.6) is 0 Å². The van der Waals surface area contributed by atoms with Crippen molar-refractivity contribution in [2.45, 2.75) is 38.0 Å². The molecule has 0 radical (unpaired) electrons. The van der Waals surface area contributed by atoms with Crippen molar-refractivity contribution in [1.82, 2.24) is 4.90 Å². The van der Waals surface area contributed by atoms with E-state index in [4.69, 9.17) is 16.3 Å². The number of hydrogen-bond donors (Lipinski definition) is 0. The predicted molar refractivity (Wildman–Crippen MR) is 85.4 cm³/mol. The minimum Gasteiger partial charge on any atom is -0.351 e. The fraction of sp³-hybridized carbons (Fsp3) is 0.500. The van der Waals surface area contributed by atoms with Gasteiger partial charge in [0.25, 0.3) is 0 Å². The Morgan fingerprint density at radius 3 is 2.73 bits per heavy atom. The maximum atomic E-state index is 12.8. The molecule has 3 aliphatic rings. The molecule has 1 aromatic carbocycles. The van der Waals surface area contributed by atoms with Crippen LogP contribution in [0.15, 0.2) is 36.4 Å². The second-order valence-corrected chi connectivity index (χ2v) is 7.12. The molecule has 116 valence electrons. The Balaban J connectivity index is 1.80. The van der Waals surface area contributed by atoms with Crippen LogP contribution in [0.3, 0.4) is 0 Å². The van der Waals surface area contributed by atoms with Crippen molar-refractivity contribution in [2.24, 2.45) is 11.8 Å². The topological polar surface area (TPSA) is 29.5 Å². The third-order valence-electron chi connectivity index (χ3n) is 5.32. The van der Waals surface area contributed by atoms with Gasteiger partial charge in [-0.05, 0) is 25.0 Å². The Bertz CT molecular complexity index is 626. The zero-order chi connectivity index (χ0) is 15.3. The van der Waals surface area contributed by atoms with E-state index in [2.05, 4.69) is 12.2 Å². The summed E-state index contributed by atoms with van der Waals surface area (Å²) >= 11 is 6.03. The molecule has 2 fully saturated rings. The van der Waals surface area contributed by atoms with Crippen LogP contribution in [0, 0.1) is 11.8 Å². The number of benzene rings is 1. The molecular formula is C18H20ClNO2. The minimum atomic E-state index is -0.604. The second-order valence-electron chi connectivity index (χ2n) is 6.69. The van der Waals surface area contributed by atoms with Gasteiger partial charge in [0, 0.05) is 34.9 Å². The van der Waals surface area contributed by atoms with Crippen molar-refractivity contribution < 1.29 is 9.53 Å². The smallest absolute Gasteiger partial charge is 0.228 e. The van der Waals surface area contributed by atoms with Crippen LogP contribution in [0.4, 0.5) is 0 Å². The van der Waals surface area contributed by atoms with Crippen LogP contribution in [-0.2, 0) is 15.3 Å². The highest BCUT2D eigenvalue weighted by Gasteiger charge is 2.57. The minimum absolute atomic E-state index is 0.000309. The fourth-order valence-electron chi connectivity index (χ4n) is 4.22. The number of rotatable bonds is 1. The van der Waals surface area contributed by atoms with E-state index in [1.54, 1.807) is 0 Å². The highest BCUT2D eigenvalue weighted by atomic mass is 35.5. The largest absolute Gasteiger partial charge is 0.351 e. The van der Waals surface area contributed by atoms with Crippen molar-refractivity contribution in [2.75, 3.05) is 6.61 Å². The van der Waals surface area contributed by atoms with Gasteiger partial charge in [-0.25, -0.2) is 0 Å². The molecule has 4 heteroatoms. The quantitative estimate of drug-likeness (QED) is 0.739. The van der Waals surface area contributed by atoms with Crippen molar-refractivity contribution in [1.29, 1.82) is 0 Å². The summed E-state index contributed by atoms with van der Waals surface area (Å²) in [5.41, 5.74) is 0.440. The third-order valence-corrected chi connectivity index (χ3v) is 5.57. The fourth-order valence-corrected chi connectivity index (χ4v) is 4.35. The number of fused-ring (bicyclic) bond motifs is 3. The molecule has 0 saturated carbocycles. The Labute approximate surface area is 135 Å². The molecule has 0 N–H and O–H groups in total. The number of nitrogens with zero attached hydrogens (tertiary/aromatic N) is 1. The van der Waals surface area contributed by atoms with Gasteiger partial charge in [0.1, 0.15) is 0 Å². The summed E-state index contributed by atoms with van der Waals surface area (Å²) < 4.78 is 6.35. The summed E-state index contributed by atoms with van der Waals surface area (Å²) in [7, 11) is 0. The van der Waals surface area contributed by atoms with Crippen LogP contribution in [0.2, 0.25) is 5.02 Å². The van der Waals surface area contributed by atoms with Gasteiger partial charge in [-0.15, -0.1) is 0 Å². The van der Waals surface area contributed by atoms with E-state index < -0.39 is 5.72 Å². The average Bonchev–Trinajstić information content (AvgIpc) is 2.80. The molecule has 1 amide bonds. The van der Waals surface area contributed by atoms with E-state index >= 15 is 0 Å². The zero-order valence-electron chi connectivity index (χ0n) is 12.7. The molecule has 1 aromatic rings. The van der Waals surface area contributed by atoms with Gasteiger partial charge in [0.05, 0.1) is 6.61 Å². The molecule has 0 aromatic heterocycles. The molecule has 2 heterocycles. The monoisotopic (exact) mass is 317 g/mol. The molecule has 22 heavy (non-hydrogen) atoms.